The molecule has 0 aliphatic carbocycles. The number of urea groups is 1. The zero-order valence-electron chi connectivity index (χ0n) is 15.9. The van der Waals surface area contributed by atoms with Crippen LogP contribution in [0.1, 0.15) is 10.4 Å². The molecule has 2 aromatic carbocycles. The van der Waals surface area contributed by atoms with Gasteiger partial charge in [0.05, 0.1) is 10.5 Å². The number of rotatable bonds is 8. The number of benzene rings is 2. The molecule has 9 nitrogen and oxygen atoms in total. The molecule has 31 heavy (non-hydrogen) atoms. The number of anilines is 1. The number of nitrogens with one attached hydrogen (secondary N) is 3. The summed E-state index contributed by atoms with van der Waals surface area (Å²) in [6.45, 7) is 2.76. The van der Waals surface area contributed by atoms with Gasteiger partial charge in [0.15, 0.2) is 18.2 Å². The van der Waals surface area contributed by atoms with E-state index in [1.807, 2.05) is 5.32 Å². The van der Waals surface area contributed by atoms with Gasteiger partial charge in [-0.2, -0.15) is 0 Å². The smallest absolute Gasteiger partial charge is 0.338 e. The number of esters is 1. The highest BCUT2D eigenvalue weighted by molar-refractivity contribution is 7.92. The number of imide groups is 1. The summed E-state index contributed by atoms with van der Waals surface area (Å²) in [6, 6.07) is 6.33. The molecule has 0 fully saturated rings. The molecule has 3 N–H and O–H groups in total. The standard InChI is InChI=1S/C19H17F2N3O6S/c1-2-8-22-19(27)23-17(25)11-30-18(26)12-4-3-5-13(9-12)24-31(28,29)14-6-7-15(20)16(21)10-14/h2-7,9-10,24H,1,8,11H2,(H2,22,23,25,27). The second-order valence-corrected chi connectivity index (χ2v) is 7.57. The van der Waals surface area contributed by atoms with Crippen LogP contribution in [-0.2, 0) is 19.6 Å². The van der Waals surface area contributed by atoms with Gasteiger partial charge in [0, 0.05) is 12.2 Å². The van der Waals surface area contributed by atoms with E-state index in [1.165, 1.54) is 24.3 Å². The molecule has 0 bridgehead atoms. The van der Waals surface area contributed by atoms with E-state index < -0.39 is 51.1 Å². The normalized spacial score (nSPS) is 10.6. The molecular weight excluding hydrogens is 436 g/mol. The Bertz CT molecular complexity index is 1120. The highest BCUT2D eigenvalue weighted by Crippen LogP contribution is 2.19. The molecule has 0 aliphatic rings. The van der Waals surface area contributed by atoms with Crippen LogP contribution in [0.15, 0.2) is 60.0 Å². The van der Waals surface area contributed by atoms with Crippen LogP contribution in [0.2, 0.25) is 0 Å². The molecular formula is C19H17F2N3O6S. The second-order valence-electron chi connectivity index (χ2n) is 5.89. The number of sulfonamides is 1. The second kappa shape index (κ2) is 10.3. The van der Waals surface area contributed by atoms with E-state index in [-0.39, 0.29) is 17.8 Å². The lowest BCUT2D eigenvalue weighted by Gasteiger charge is -2.10. The van der Waals surface area contributed by atoms with Crippen molar-refractivity contribution >= 4 is 33.6 Å². The van der Waals surface area contributed by atoms with E-state index in [0.29, 0.717) is 12.1 Å². The van der Waals surface area contributed by atoms with Gasteiger partial charge in [0.1, 0.15) is 0 Å². The van der Waals surface area contributed by atoms with Crippen molar-refractivity contribution in [3.8, 4) is 0 Å². The molecule has 0 spiro atoms. The van der Waals surface area contributed by atoms with Gasteiger partial charge >= 0.3 is 12.0 Å². The molecule has 2 rings (SSSR count). The first-order chi connectivity index (χ1) is 14.6. The Kier molecular flexibility index (Phi) is 7.80. The van der Waals surface area contributed by atoms with Gasteiger partial charge in [-0.15, -0.1) is 6.58 Å². The van der Waals surface area contributed by atoms with Crippen LogP contribution in [0.3, 0.4) is 0 Å². The monoisotopic (exact) mass is 453 g/mol. The highest BCUT2D eigenvalue weighted by atomic mass is 32.2. The first kappa shape index (κ1) is 23.5. The van der Waals surface area contributed by atoms with E-state index in [4.69, 9.17) is 4.74 Å². The van der Waals surface area contributed by atoms with Crippen LogP contribution >= 0.6 is 0 Å². The van der Waals surface area contributed by atoms with Gasteiger partial charge in [0.2, 0.25) is 0 Å². The van der Waals surface area contributed by atoms with Crippen LogP contribution in [0.5, 0.6) is 0 Å². The number of hydrogen-bond acceptors (Lipinski definition) is 6. The molecule has 0 aliphatic heterocycles. The maximum absolute atomic E-state index is 13.3. The molecule has 0 radical (unpaired) electrons. The van der Waals surface area contributed by atoms with Crippen LogP contribution in [0.4, 0.5) is 19.3 Å². The number of amides is 3. The lowest BCUT2D eigenvalue weighted by atomic mass is 10.2. The molecule has 0 saturated carbocycles. The van der Waals surface area contributed by atoms with Crippen molar-refractivity contribution in [2.24, 2.45) is 0 Å². The zero-order chi connectivity index (χ0) is 23.0. The molecule has 0 aromatic heterocycles. The quantitative estimate of drug-likeness (QED) is 0.414. The van der Waals surface area contributed by atoms with Crippen molar-refractivity contribution in [2.45, 2.75) is 4.90 Å². The largest absolute Gasteiger partial charge is 0.452 e. The van der Waals surface area contributed by atoms with Crippen LogP contribution in [0, 0.1) is 11.6 Å². The third kappa shape index (κ3) is 6.89. The maximum Gasteiger partial charge on any atom is 0.338 e. The molecule has 12 heteroatoms. The van der Waals surface area contributed by atoms with Crippen molar-refractivity contribution in [3.05, 3.63) is 72.3 Å². The van der Waals surface area contributed by atoms with Crippen molar-refractivity contribution in [1.29, 1.82) is 0 Å². The van der Waals surface area contributed by atoms with Gasteiger partial charge in [-0.1, -0.05) is 12.1 Å². The minimum Gasteiger partial charge on any atom is -0.452 e. The minimum atomic E-state index is -4.27. The topological polar surface area (TPSA) is 131 Å². The van der Waals surface area contributed by atoms with Gasteiger partial charge in [0.25, 0.3) is 15.9 Å². The van der Waals surface area contributed by atoms with Gasteiger partial charge in [-0.25, -0.2) is 26.8 Å². The Balaban J connectivity index is 2.01. The highest BCUT2D eigenvalue weighted by Gasteiger charge is 2.18. The third-order valence-corrected chi connectivity index (χ3v) is 4.93. The average molecular weight is 453 g/mol. The van der Waals surface area contributed by atoms with Crippen LogP contribution in [-0.4, -0.2) is 39.5 Å². The number of carbonyl (C=O) groups is 3. The summed E-state index contributed by atoms with van der Waals surface area (Å²) in [5.41, 5.74) is -0.165. The number of hydrogen-bond donors (Lipinski definition) is 3. The Labute approximate surface area is 176 Å². The summed E-state index contributed by atoms with van der Waals surface area (Å²) in [4.78, 5) is 34.5. The summed E-state index contributed by atoms with van der Waals surface area (Å²) in [7, 11) is -4.27. The van der Waals surface area contributed by atoms with E-state index in [1.54, 1.807) is 0 Å². The Morgan fingerprint density at radius 3 is 2.48 bits per heavy atom. The minimum absolute atomic E-state index is 0.0626. The van der Waals surface area contributed by atoms with E-state index >= 15 is 0 Å². The average Bonchev–Trinajstić information content (AvgIpc) is 2.72. The van der Waals surface area contributed by atoms with Crippen LogP contribution in [0.25, 0.3) is 0 Å². The third-order valence-electron chi connectivity index (χ3n) is 3.55. The number of ether oxygens (including phenoxy) is 1. The predicted molar refractivity (Wildman–Crippen MR) is 106 cm³/mol. The number of carbonyl (C=O) groups excluding carboxylic acids is 3. The number of halogens is 2. The first-order valence-electron chi connectivity index (χ1n) is 8.56. The Morgan fingerprint density at radius 1 is 1.06 bits per heavy atom. The van der Waals surface area contributed by atoms with Crippen molar-refractivity contribution in [1.82, 2.24) is 10.6 Å². The van der Waals surface area contributed by atoms with Gasteiger partial charge in [-0.3, -0.25) is 14.8 Å². The summed E-state index contributed by atoms with van der Waals surface area (Å²) >= 11 is 0. The Hall–Kier alpha value is -3.80. The predicted octanol–water partition coefficient (Wildman–Crippen LogP) is 1.93. The van der Waals surface area contributed by atoms with E-state index in [0.717, 1.165) is 12.1 Å². The summed E-state index contributed by atoms with van der Waals surface area (Å²) in [5.74, 6) is -4.39. The van der Waals surface area contributed by atoms with Gasteiger partial charge in [-0.05, 0) is 36.4 Å². The molecule has 0 saturated heterocycles. The molecule has 164 valence electrons. The van der Waals surface area contributed by atoms with Crippen molar-refractivity contribution < 1.29 is 36.3 Å². The summed E-state index contributed by atoms with van der Waals surface area (Å²) < 4.78 is 57.9. The Morgan fingerprint density at radius 2 is 1.81 bits per heavy atom. The molecule has 2 aromatic rings. The van der Waals surface area contributed by atoms with E-state index in [2.05, 4.69) is 16.6 Å². The van der Waals surface area contributed by atoms with Gasteiger partial charge < -0.3 is 10.1 Å². The van der Waals surface area contributed by atoms with Crippen LogP contribution < -0.4 is 15.4 Å². The molecule has 0 heterocycles. The SMILES string of the molecule is C=CCNC(=O)NC(=O)COC(=O)c1cccc(NS(=O)(=O)c2ccc(F)c(F)c2)c1. The fraction of sp³-hybridized carbons (Fsp3) is 0.105. The first-order valence-corrected chi connectivity index (χ1v) is 10.0. The zero-order valence-corrected chi connectivity index (χ0v) is 16.7. The molecule has 0 unspecified atom stereocenters. The fourth-order valence-corrected chi connectivity index (χ4v) is 3.21. The summed E-state index contributed by atoms with van der Waals surface area (Å²) in [5, 5.41) is 4.22. The molecule has 0 atom stereocenters. The fourth-order valence-electron chi connectivity index (χ4n) is 2.15. The lowest BCUT2D eigenvalue weighted by Crippen LogP contribution is -2.41. The molecule has 3 amide bonds. The van der Waals surface area contributed by atoms with E-state index in [9.17, 15) is 31.6 Å². The lowest BCUT2D eigenvalue weighted by molar-refractivity contribution is -0.123. The summed E-state index contributed by atoms with van der Waals surface area (Å²) in [6.07, 6.45) is 1.40. The maximum atomic E-state index is 13.3. The van der Waals surface area contributed by atoms with Crippen molar-refractivity contribution in [3.63, 3.8) is 0 Å². The van der Waals surface area contributed by atoms with Crippen molar-refractivity contribution in [2.75, 3.05) is 17.9 Å².